The number of carbonyl (C=O) groups is 1. The smallest absolute Gasteiger partial charge is 0.249 e. The second-order valence-corrected chi connectivity index (χ2v) is 8.26. The average Bonchev–Trinajstić information content (AvgIpc) is 3.44. The van der Waals surface area contributed by atoms with Crippen LogP contribution in [0.3, 0.4) is 0 Å². The lowest BCUT2D eigenvalue weighted by Gasteiger charge is -2.40. The van der Waals surface area contributed by atoms with E-state index in [9.17, 15) is 4.79 Å². The van der Waals surface area contributed by atoms with Gasteiger partial charge in [-0.15, -0.1) is 0 Å². The summed E-state index contributed by atoms with van der Waals surface area (Å²) in [6.07, 6.45) is 12.0. The Morgan fingerprint density at radius 3 is 2.86 bits per heavy atom. The molecule has 8 nitrogen and oxygen atoms in total. The van der Waals surface area contributed by atoms with Gasteiger partial charge in [0.2, 0.25) is 5.91 Å². The summed E-state index contributed by atoms with van der Waals surface area (Å²) in [4.78, 5) is 22.2. The second kappa shape index (κ2) is 6.23. The maximum atomic E-state index is 13.4. The molecular formula is C20H21N7O. The molecule has 0 N–H and O–H groups in total. The average molecular weight is 375 g/mol. The summed E-state index contributed by atoms with van der Waals surface area (Å²) in [5.41, 5.74) is 1.92. The van der Waals surface area contributed by atoms with Gasteiger partial charge in [0, 0.05) is 31.6 Å². The largest absolute Gasteiger partial charge is 0.272 e. The third-order valence-corrected chi connectivity index (χ3v) is 6.44. The van der Waals surface area contributed by atoms with Crippen LogP contribution < -0.4 is 0 Å². The molecule has 2 bridgehead atoms. The highest BCUT2D eigenvalue weighted by atomic mass is 16.2. The topological polar surface area (TPSA) is 100 Å². The minimum absolute atomic E-state index is 0.116. The van der Waals surface area contributed by atoms with E-state index in [-0.39, 0.29) is 17.4 Å². The van der Waals surface area contributed by atoms with Gasteiger partial charge in [-0.1, -0.05) is 0 Å². The van der Waals surface area contributed by atoms with Gasteiger partial charge in [0.1, 0.15) is 12.1 Å². The maximum absolute atomic E-state index is 13.4. The molecule has 0 radical (unpaired) electrons. The van der Waals surface area contributed by atoms with Crippen molar-refractivity contribution in [3.63, 3.8) is 0 Å². The van der Waals surface area contributed by atoms with Gasteiger partial charge in [-0.25, -0.2) is 5.01 Å². The zero-order valence-electron chi connectivity index (χ0n) is 15.7. The fourth-order valence-corrected chi connectivity index (χ4v) is 5.02. The van der Waals surface area contributed by atoms with Gasteiger partial charge in [0.05, 0.1) is 34.8 Å². The molecule has 1 unspecified atom stereocenters. The highest BCUT2D eigenvalue weighted by Gasteiger charge is 2.61. The molecule has 1 amide bonds. The van der Waals surface area contributed by atoms with E-state index in [0.29, 0.717) is 23.8 Å². The Labute approximate surface area is 162 Å². The summed E-state index contributed by atoms with van der Waals surface area (Å²) in [7, 11) is 0. The highest BCUT2D eigenvalue weighted by molar-refractivity contribution is 5.86. The van der Waals surface area contributed by atoms with Crippen LogP contribution in [0.2, 0.25) is 0 Å². The van der Waals surface area contributed by atoms with Crippen molar-refractivity contribution in [1.29, 1.82) is 5.26 Å². The molecule has 3 aliphatic carbocycles. The van der Waals surface area contributed by atoms with Crippen LogP contribution in [0.15, 0.2) is 29.9 Å². The van der Waals surface area contributed by atoms with E-state index >= 15 is 0 Å². The van der Waals surface area contributed by atoms with Gasteiger partial charge in [-0.2, -0.15) is 15.5 Å². The van der Waals surface area contributed by atoms with Crippen molar-refractivity contribution in [3.8, 4) is 6.07 Å². The third kappa shape index (κ3) is 2.61. The molecule has 4 aliphatic rings. The first-order chi connectivity index (χ1) is 13.6. The lowest BCUT2D eigenvalue weighted by molar-refractivity contribution is -0.148. The molecule has 142 valence electrons. The number of hydrazone groups is 1. The molecule has 28 heavy (non-hydrogen) atoms. The molecule has 3 fully saturated rings. The molecule has 0 saturated heterocycles. The highest BCUT2D eigenvalue weighted by Crippen LogP contribution is 2.63. The normalized spacial score (nSPS) is 30.3. The maximum Gasteiger partial charge on any atom is 0.249 e. The van der Waals surface area contributed by atoms with Crippen LogP contribution in [0.25, 0.3) is 0 Å². The van der Waals surface area contributed by atoms with Crippen molar-refractivity contribution in [3.05, 3.63) is 41.7 Å². The first-order valence-corrected chi connectivity index (χ1v) is 9.65. The number of hydrogen-bond donors (Lipinski definition) is 0. The van der Waals surface area contributed by atoms with Crippen LogP contribution in [0, 0.1) is 35.5 Å². The minimum Gasteiger partial charge on any atom is -0.272 e. The standard InChI is InChI=1S/C20H21N7O/c1-13-8-23-17(10-22-13)18-2-3-24-27(18)19(28)20-4-15(5-20)16(6-20)12-26-11-14(7-21)9-25-26/h3,8-11,15-16,18H,2,4-6,12H2,1H3/t15?,16-,18?,20?/m0/s1. The number of rotatable bonds is 4. The first kappa shape index (κ1) is 17.0. The number of aryl methyl sites for hydroxylation is 1. The third-order valence-electron chi connectivity index (χ3n) is 6.44. The fraction of sp³-hybridized carbons (Fsp3) is 0.500. The predicted molar refractivity (Wildman–Crippen MR) is 99.7 cm³/mol. The number of nitrogens with zero attached hydrogens (tertiary/aromatic N) is 7. The number of fused-ring (bicyclic) bond motifs is 1. The van der Waals surface area contributed by atoms with E-state index in [1.54, 1.807) is 36.0 Å². The summed E-state index contributed by atoms with van der Waals surface area (Å²) in [5.74, 6) is 1.08. The Hall–Kier alpha value is -3.08. The Kier molecular flexibility index (Phi) is 3.79. The second-order valence-electron chi connectivity index (χ2n) is 8.26. The predicted octanol–water partition coefficient (Wildman–Crippen LogP) is 2.23. The first-order valence-electron chi connectivity index (χ1n) is 9.65. The quantitative estimate of drug-likeness (QED) is 0.816. The SMILES string of the molecule is Cc1cnc(C2CC=NN2C(=O)C23CC(C2)[C@H](Cn2cc(C#N)cn2)C3)cn1. The van der Waals surface area contributed by atoms with Crippen LogP contribution in [0.5, 0.6) is 0 Å². The van der Waals surface area contributed by atoms with Gasteiger partial charge in [0.15, 0.2) is 0 Å². The fourth-order valence-electron chi connectivity index (χ4n) is 5.02. The van der Waals surface area contributed by atoms with Gasteiger partial charge >= 0.3 is 0 Å². The minimum atomic E-state index is -0.307. The molecule has 0 aromatic carbocycles. The van der Waals surface area contributed by atoms with E-state index < -0.39 is 0 Å². The molecule has 2 aromatic rings. The van der Waals surface area contributed by atoms with Crippen LogP contribution >= 0.6 is 0 Å². The van der Waals surface area contributed by atoms with Crippen molar-refractivity contribution >= 4 is 12.1 Å². The number of carbonyl (C=O) groups excluding carboxylic acids is 1. The summed E-state index contributed by atoms with van der Waals surface area (Å²) in [5, 5.41) is 19.3. The van der Waals surface area contributed by atoms with Crippen LogP contribution in [0.4, 0.5) is 0 Å². The van der Waals surface area contributed by atoms with E-state index in [2.05, 4.69) is 26.2 Å². The molecule has 1 aliphatic heterocycles. The molecule has 2 atom stereocenters. The number of nitriles is 1. The summed E-state index contributed by atoms with van der Waals surface area (Å²) in [6.45, 7) is 2.66. The van der Waals surface area contributed by atoms with Gasteiger partial charge in [0.25, 0.3) is 0 Å². The zero-order chi connectivity index (χ0) is 19.3. The number of aromatic nitrogens is 4. The molecule has 8 heteroatoms. The molecule has 6 rings (SSSR count). The summed E-state index contributed by atoms with van der Waals surface area (Å²) < 4.78 is 1.83. The van der Waals surface area contributed by atoms with Crippen molar-refractivity contribution in [2.24, 2.45) is 22.4 Å². The Bertz CT molecular complexity index is 981. The monoisotopic (exact) mass is 375 g/mol. The molecular weight excluding hydrogens is 354 g/mol. The van der Waals surface area contributed by atoms with Crippen molar-refractivity contribution in [1.82, 2.24) is 24.8 Å². The van der Waals surface area contributed by atoms with Crippen LogP contribution in [0.1, 0.15) is 48.7 Å². The Balaban J connectivity index is 1.30. The molecule has 3 heterocycles. The molecule has 0 spiro atoms. The van der Waals surface area contributed by atoms with Crippen LogP contribution in [-0.2, 0) is 11.3 Å². The molecule has 3 saturated carbocycles. The van der Waals surface area contributed by atoms with E-state index in [0.717, 1.165) is 37.2 Å². The van der Waals surface area contributed by atoms with E-state index in [1.807, 2.05) is 11.6 Å². The van der Waals surface area contributed by atoms with E-state index in [1.165, 1.54) is 0 Å². The summed E-state index contributed by atoms with van der Waals surface area (Å²) >= 11 is 0. The number of hydrogen-bond acceptors (Lipinski definition) is 6. The number of amides is 1. The van der Waals surface area contributed by atoms with Crippen molar-refractivity contribution in [2.75, 3.05) is 0 Å². The van der Waals surface area contributed by atoms with Gasteiger partial charge in [-0.3, -0.25) is 19.4 Å². The van der Waals surface area contributed by atoms with Crippen LogP contribution in [-0.4, -0.2) is 36.9 Å². The van der Waals surface area contributed by atoms with E-state index in [4.69, 9.17) is 5.26 Å². The molecule has 2 aromatic heterocycles. The van der Waals surface area contributed by atoms with Crippen molar-refractivity contribution < 1.29 is 4.79 Å². The Morgan fingerprint density at radius 1 is 1.29 bits per heavy atom. The summed E-state index contributed by atoms with van der Waals surface area (Å²) in [6, 6.07) is 1.95. The zero-order valence-corrected chi connectivity index (χ0v) is 15.7. The van der Waals surface area contributed by atoms with Gasteiger partial charge < -0.3 is 0 Å². The van der Waals surface area contributed by atoms with Crippen molar-refractivity contribution in [2.45, 2.75) is 45.2 Å². The van der Waals surface area contributed by atoms with Gasteiger partial charge in [-0.05, 0) is 38.0 Å². The lowest BCUT2D eigenvalue weighted by Crippen LogP contribution is -2.45. The Morgan fingerprint density at radius 2 is 2.14 bits per heavy atom. The lowest BCUT2D eigenvalue weighted by atomic mass is 9.68.